The molecular weight excluding hydrogens is 356 g/mol. The van der Waals surface area contributed by atoms with Crippen molar-refractivity contribution in [1.29, 1.82) is 0 Å². The van der Waals surface area contributed by atoms with Gasteiger partial charge in [-0.05, 0) is 30.5 Å². The fourth-order valence-corrected chi connectivity index (χ4v) is 4.43. The number of amides is 1. The Morgan fingerprint density at radius 2 is 2.31 bits per heavy atom. The van der Waals surface area contributed by atoms with Crippen molar-refractivity contribution in [1.82, 2.24) is 19.6 Å². The number of rotatable bonds is 6. The summed E-state index contributed by atoms with van der Waals surface area (Å²) in [6, 6.07) is 7.46. The van der Waals surface area contributed by atoms with E-state index in [1.165, 1.54) is 16.8 Å². The smallest absolute Gasteiger partial charge is 0.260 e. The Balaban J connectivity index is 1.61. The second kappa shape index (κ2) is 7.88. The maximum Gasteiger partial charge on any atom is 0.260 e. The van der Waals surface area contributed by atoms with Gasteiger partial charge in [0, 0.05) is 19.6 Å². The Hall–Kier alpha value is -2.39. The summed E-state index contributed by atoms with van der Waals surface area (Å²) >= 11 is 0. The lowest BCUT2D eigenvalue weighted by Crippen LogP contribution is -2.45. The molecule has 3 rings (SSSR count). The van der Waals surface area contributed by atoms with E-state index >= 15 is 0 Å². The number of imidazole rings is 1. The third kappa shape index (κ3) is 4.05. The molecule has 1 aromatic carbocycles. The van der Waals surface area contributed by atoms with Gasteiger partial charge >= 0.3 is 0 Å². The highest BCUT2D eigenvalue weighted by molar-refractivity contribution is 7.89. The van der Waals surface area contributed by atoms with Crippen LogP contribution >= 0.6 is 0 Å². The quantitative estimate of drug-likeness (QED) is 0.784. The van der Waals surface area contributed by atoms with Crippen molar-refractivity contribution in [2.75, 3.05) is 20.2 Å². The number of H-pyrrole nitrogens is 1. The standard InChI is InChI=1S/C17H22N4O4S/c1-25-15-6-2-4-13(8-15)9-19-17(22)14-5-3-7-21(11-14)26(23,24)16-10-18-12-20-16/h2,4,6,8,10,12,14H,3,5,7,9,11H2,1H3,(H,18,20)(H,19,22)/t14-/m0/s1. The minimum absolute atomic E-state index is 0.0509. The molecule has 1 aliphatic rings. The first-order valence-corrected chi connectivity index (χ1v) is 9.84. The highest BCUT2D eigenvalue weighted by Gasteiger charge is 2.33. The van der Waals surface area contributed by atoms with Gasteiger partial charge in [0.15, 0.2) is 5.03 Å². The van der Waals surface area contributed by atoms with Gasteiger partial charge in [0.1, 0.15) is 5.75 Å². The Morgan fingerprint density at radius 3 is 3.04 bits per heavy atom. The molecule has 1 aromatic heterocycles. The zero-order valence-corrected chi connectivity index (χ0v) is 15.3. The van der Waals surface area contributed by atoms with E-state index in [0.717, 1.165) is 11.3 Å². The summed E-state index contributed by atoms with van der Waals surface area (Å²) in [5, 5.41) is 2.94. The summed E-state index contributed by atoms with van der Waals surface area (Å²) in [7, 11) is -2.05. The molecule has 1 amide bonds. The normalized spacial score (nSPS) is 18.4. The van der Waals surface area contributed by atoms with E-state index < -0.39 is 10.0 Å². The van der Waals surface area contributed by atoms with Gasteiger partial charge in [0.05, 0.1) is 25.6 Å². The summed E-state index contributed by atoms with van der Waals surface area (Å²) in [5.41, 5.74) is 0.926. The van der Waals surface area contributed by atoms with Gasteiger partial charge in [0.2, 0.25) is 5.91 Å². The number of nitrogens with one attached hydrogen (secondary N) is 2. The number of hydrogen-bond donors (Lipinski definition) is 2. The predicted molar refractivity (Wildman–Crippen MR) is 94.9 cm³/mol. The fourth-order valence-electron chi connectivity index (χ4n) is 3.01. The second-order valence-electron chi connectivity index (χ2n) is 6.19. The van der Waals surface area contributed by atoms with Gasteiger partial charge in [-0.25, -0.2) is 13.4 Å². The minimum atomic E-state index is -3.64. The van der Waals surface area contributed by atoms with E-state index in [1.807, 2.05) is 24.3 Å². The number of aromatic amines is 1. The Labute approximate surface area is 152 Å². The molecule has 9 heteroatoms. The van der Waals surface area contributed by atoms with E-state index in [1.54, 1.807) is 7.11 Å². The molecule has 0 bridgehead atoms. The van der Waals surface area contributed by atoms with Crippen LogP contribution in [-0.4, -0.2) is 48.8 Å². The van der Waals surface area contributed by atoms with Crippen LogP contribution in [0.4, 0.5) is 0 Å². The molecule has 0 spiro atoms. The van der Waals surface area contributed by atoms with E-state index in [4.69, 9.17) is 4.74 Å². The van der Waals surface area contributed by atoms with E-state index in [-0.39, 0.29) is 23.4 Å². The predicted octanol–water partition coefficient (Wildman–Crippen LogP) is 1.14. The third-order valence-electron chi connectivity index (χ3n) is 4.45. The van der Waals surface area contributed by atoms with Crippen molar-refractivity contribution in [2.24, 2.45) is 5.92 Å². The van der Waals surface area contributed by atoms with Crippen LogP contribution in [0, 0.1) is 5.92 Å². The van der Waals surface area contributed by atoms with Crippen LogP contribution in [0.3, 0.4) is 0 Å². The van der Waals surface area contributed by atoms with Crippen molar-refractivity contribution in [3.63, 3.8) is 0 Å². The number of ether oxygens (including phenoxy) is 1. The minimum Gasteiger partial charge on any atom is -0.497 e. The fraction of sp³-hybridized carbons (Fsp3) is 0.412. The highest BCUT2D eigenvalue weighted by atomic mass is 32.2. The maximum absolute atomic E-state index is 12.6. The van der Waals surface area contributed by atoms with E-state index in [0.29, 0.717) is 25.9 Å². The summed E-state index contributed by atoms with van der Waals surface area (Å²) < 4.78 is 31.7. The second-order valence-corrected chi connectivity index (χ2v) is 8.09. The number of hydrogen-bond acceptors (Lipinski definition) is 5. The molecule has 1 aliphatic heterocycles. The van der Waals surface area contributed by atoms with Crippen LogP contribution in [0.1, 0.15) is 18.4 Å². The zero-order chi connectivity index (χ0) is 18.6. The molecule has 0 aliphatic carbocycles. The molecule has 1 fully saturated rings. The van der Waals surface area contributed by atoms with Crippen molar-refractivity contribution >= 4 is 15.9 Å². The Bertz CT molecular complexity index is 851. The molecule has 1 saturated heterocycles. The zero-order valence-electron chi connectivity index (χ0n) is 14.5. The number of carbonyl (C=O) groups excluding carboxylic acids is 1. The summed E-state index contributed by atoms with van der Waals surface area (Å²) in [6.45, 7) is 0.951. The van der Waals surface area contributed by atoms with Crippen molar-refractivity contribution < 1.29 is 17.9 Å². The first kappa shape index (κ1) is 18.4. The summed E-state index contributed by atoms with van der Waals surface area (Å²) in [5.74, 6) is 0.218. The van der Waals surface area contributed by atoms with Crippen molar-refractivity contribution in [3.8, 4) is 5.75 Å². The molecule has 2 N–H and O–H groups in total. The lowest BCUT2D eigenvalue weighted by atomic mass is 9.99. The van der Waals surface area contributed by atoms with Crippen molar-refractivity contribution in [3.05, 3.63) is 42.4 Å². The van der Waals surface area contributed by atoms with Crippen LogP contribution in [0.15, 0.2) is 41.8 Å². The third-order valence-corrected chi connectivity index (χ3v) is 6.24. The van der Waals surface area contributed by atoms with Gasteiger partial charge < -0.3 is 15.0 Å². The summed E-state index contributed by atoms with van der Waals surface area (Å²) in [6.07, 6.45) is 3.92. The molecule has 8 nitrogen and oxygen atoms in total. The number of carbonyl (C=O) groups is 1. The first-order valence-electron chi connectivity index (χ1n) is 8.40. The molecule has 26 heavy (non-hydrogen) atoms. The first-order chi connectivity index (χ1) is 12.5. The molecular formula is C17H22N4O4S. The molecule has 140 valence electrons. The van der Waals surface area contributed by atoms with Gasteiger partial charge in [-0.2, -0.15) is 4.31 Å². The number of methoxy groups -OCH3 is 1. The number of piperidine rings is 1. The molecule has 0 saturated carbocycles. The molecule has 0 radical (unpaired) electrons. The molecule has 2 aromatic rings. The van der Waals surface area contributed by atoms with Crippen LogP contribution in [0.2, 0.25) is 0 Å². The Kier molecular flexibility index (Phi) is 5.58. The largest absolute Gasteiger partial charge is 0.497 e. The van der Waals surface area contributed by atoms with Gasteiger partial charge in [-0.15, -0.1) is 0 Å². The molecule has 2 heterocycles. The van der Waals surface area contributed by atoms with Crippen LogP contribution in [0.25, 0.3) is 0 Å². The monoisotopic (exact) mass is 378 g/mol. The highest BCUT2D eigenvalue weighted by Crippen LogP contribution is 2.23. The van der Waals surface area contributed by atoms with Crippen molar-refractivity contribution in [2.45, 2.75) is 24.4 Å². The average Bonchev–Trinajstić information content (AvgIpc) is 3.22. The number of nitrogens with zero attached hydrogens (tertiary/aromatic N) is 2. The average molecular weight is 378 g/mol. The van der Waals surface area contributed by atoms with Crippen LogP contribution in [0.5, 0.6) is 5.75 Å². The Morgan fingerprint density at radius 1 is 1.46 bits per heavy atom. The SMILES string of the molecule is COc1cccc(CNC(=O)[C@H]2CCCN(S(=O)(=O)c3cnc[nH]3)C2)c1. The van der Waals surface area contributed by atoms with Gasteiger partial charge in [-0.3, -0.25) is 4.79 Å². The number of aromatic nitrogens is 2. The maximum atomic E-state index is 12.6. The van der Waals surface area contributed by atoms with E-state index in [2.05, 4.69) is 15.3 Å². The lowest BCUT2D eigenvalue weighted by molar-refractivity contribution is -0.126. The lowest BCUT2D eigenvalue weighted by Gasteiger charge is -2.30. The van der Waals surface area contributed by atoms with Crippen LogP contribution < -0.4 is 10.1 Å². The molecule has 0 unspecified atom stereocenters. The summed E-state index contributed by atoms with van der Waals surface area (Å²) in [4.78, 5) is 18.9. The topological polar surface area (TPSA) is 104 Å². The van der Waals surface area contributed by atoms with Gasteiger partial charge in [0.25, 0.3) is 10.0 Å². The van der Waals surface area contributed by atoms with Crippen LogP contribution in [-0.2, 0) is 21.4 Å². The van der Waals surface area contributed by atoms with Gasteiger partial charge in [-0.1, -0.05) is 12.1 Å². The van der Waals surface area contributed by atoms with E-state index in [9.17, 15) is 13.2 Å². The molecule has 1 atom stereocenters. The number of sulfonamides is 1. The number of benzene rings is 1.